The number of rotatable bonds is 6. The Labute approximate surface area is 128 Å². The van der Waals surface area contributed by atoms with Crippen molar-refractivity contribution in [2.75, 3.05) is 13.7 Å². The van der Waals surface area contributed by atoms with Crippen molar-refractivity contribution in [3.8, 4) is 16.9 Å². The van der Waals surface area contributed by atoms with E-state index in [1.807, 2.05) is 0 Å². The molecule has 0 aliphatic carbocycles. The summed E-state index contributed by atoms with van der Waals surface area (Å²) in [5.74, 6) is 0.952. The van der Waals surface area contributed by atoms with Gasteiger partial charge < -0.3 is 10.1 Å². The molecule has 112 valence electrons. The Hall–Kier alpha value is -1.80. The first kappa shape index (κ1) is 15.6. The second kappa shape index (κ2) is 7.28. The summed E-state index contributed by atoms with van der Waals surface area (Å²) in [4.78, 5) is 0. The van der Waals surface area contributed by atoms with Gasteiger partial charge in [0.05, 0.1) is 7.11 Å². The predicted molar refractivity (Wildman–Crippen MR) is 89.9 cm³/mol. The number of ether oxygens (including phenoxy) is 1. The van der Waals surface area contributed by atoms with Gasteiger partial charge in [-0.05, 0) is 55.6 Å². The van der Waals surface area contributed by atoms with Crippen LogP contribution in [0.4, 0.5) is 0 Å². The van der Waals surface area contributed by atoms with Crippen LogP contribution in [0.15, 0.2) is 36.4 Å². The molecule has 2 nitrogen and oxygen atoms in total. The Kier molecular flexibility index (Phi) is 5.40. The molecular formula is C19H25NO. The Bertz CT molecular complexity index is 605. The first-order valence-electron chi connectivity index (χ1n) is 7.61. The van der Waals surface area contributed by atoms with Gasteiger partial charge in [-0.25, -0.2) is 0 Å². The standard InChI is InChI=1S/C19H25NO/c1-5-10-20-13-17-12-16(8-9-19(17)21-4)18-11-14(2)6-7-15(18)3/h6-9,11-12,20H,5,10,13H2,1-4H3. The zero-order chi connectivity index (χ0) is 15.2. The summed E-state index contributed by atoms with van der Waals surface area (Å²) < 4.78 is 5.48. The van der Waals surface area contributed by atoms with E-state index in [1.54, 1.807) is 7.11 Å². The fourth-order valence-corrected chi connectivity index (χ4v) is 2.53. The van der Waals surface area contributed by atoms with E-state index in [1.165, 1.54) is 27.8 Å². The third kappa shape index (κ3) is 3.85. The lowest BCUT2D eigenvalue weighted by atomic mass is 9.96. The SMILES string of the molecule is CCCNCc1cc(-c2cc(C)ccc2C)ccc1OC. The maximum Gasteiger partial charge on any atom is 0.123 e. The van der Waals surface area contributed by atoms with E-state index in [2.05, 4.69) is 62.5 Å². The number of methoxy groups -OCH3 is 1. The molecule has 2 aromatic carbocycles. The van der Waals surface area contributed by atoms with Crippen LogP contribution in [-0.4, -0.2) is 13.7 Å². The van der Waals surface area contributed by atoms with Crippen LogP contribution in [0.5, 0.6) is 5.75 Å². The van der Waals surface area contributed by atoms with E-state index in [-0.39, 0.29) is 0 Å². The van der Waals surface area contributed by atoms with E-state index < -0.39 is 0 Å². The minimum Gasteiger partial charge on any atom is -0.496 e. The summed E-state index contributed by atoms with van der Waals surface area (Å²) >= 11 is 0. The van der Waals surface area contributed by atoms with Gasteiger partial charge in [-0.1, -0.05) is 36.8 Å². The Morgan fingerprint density at radius 3 is 2.57 bits per heavy atom. The Balaban J connectivity index is 2.36. The smallest absolute Gasteiger partial charge is 0.123 e. The van der Waals surface area contributed by atoms with Gasteiger partial charge in [-0.15, -0.1) is 0 Å². The maximum atomic E-state index is 5.48. The lowest BCUT2D eigenvalue weighted by molar-refractivity contribution is 0.408. The molecule has 0 aliphatic rings. The highest BCUT2D eigenvalue weighted by molar-refractivity contribution is 5.69. The van der Waals surface area contributed by atoms with Crippen LogP contribution in [0.2, 0.25) is 0 Å². The lowest BCUT2D eigenvalue weighted by Gasteiger charge is -2.13. The number of nitrogens with one attached hydrogen (secondary N) is 1. The van der Waals surface area contributed by atoms with Gasteiger partial charge in [0, 0.05) is 12.1 Å². The molecule has 0 fully saturated rings. The first-order valence-corrected chi connectivity index (χ1v) is 7.61. The number of benzene rings is 2. The molecular weight excluding hydrogens is 258 g/mol. The molecule has 0 spiro atoms. The van der Waals surface area contributed by atoms with E-state index in [0.717, 1.165) is 25.3 Å². The van der Waals surface area contributed by atoms with Crippen molar-refractivity contribution in [2.45, 2.75) is 33.7 Å². The quantitative estimate of drug-likeness (QED) is 0.789. The normalized spacial score (nSPS) is 10.7. The zero-order valence-electron chi connectivity index (χ0n) is 13.5. The average Bonchev–Trinajstić information content (AvgIpc) is 2.50. The number of hydrogen-bond donors (Lipinski definition) is 1. The lowest BCUT2D eigenvalue weighted by Crippen LogP contribution is -2.14. The van der Waals surface area contributed by atoms with Crippen molar-refractivity contribution in [1.29, 1.82) is 0 Å². The van der Waals surface area contributed by atoms with Crippen LogP contribution in [0.1, 0.15) is 30.0 Å². The molecule has 0 saturated carbocycles. The Morgan fingerprint density at radius 1 is 1.05 bits per heavy atom. The maximum absolute atomic E-state index is 5.48. The molecule has 0 atom stereocenters. The molecule has 2 aromatic rings. The highest BCUT2D eigenvalue weighted by atomic mass is 16.5. The third-order valence-corrected chi connectivity index (χ3v) is 3.73. The molecule has 2 rings (SSSR count). The minimum absolute atomic E-state index is 0.843. The summed E-state index contributed by atoms with van der Waals surface area (Å²) in [6.07, 6.45) is 1.14. The van der Waals surface area contributed by atoms with Gasteiger partial charge in [0.1, 0.15) is 5.75 Å². The van der Waals surface area contributed by atoms with Crippen molar-refractivity contribution in [3.63, 3.8) is 0 Å². The molecule has 0 amide bonds. The highest BCUT2D eigenvalue weighted by Crippen LogP contribution is 2.29. The zero-order valence-corrected chi connectivity index (χ0v) is 13.5. The first-order chi connectivity index (χ1) is 10.2. The van der Waals surface area contributed by atoms with Gasteiger partial charge in [0.25, 0.3) is 0 Å². The molecule has 21 heavy (non-hydrogen) atoms. The fraction of sp³-hybridized carbons (Fsp3) is 0.368. The molecule has 0 radical (unpaired) electrons. The molecule has 0 bridgehead atoms. The topological polar surface area (TPSA) is 21.3 Å². The predicted octanol–water partition coefficient (Wildman–Crippen LogP) is 4.48. The summed E-state index contributed by atoms with van der Waals surface area (Å²) in [7, 11) is 1.73. The van der Waals surface area contributed by atoms with Gasteiger partial charge >= 0.3 is 0 Å². The fourth-order valence-electron chi connectivity index (χ4n) is 2.53. The Morgan fingerprint density at radius 2 is 1.86 bits per heavy atom. The van der Waals surface area contributed by atoms with Gasteiger partial charge in [0.15, 0.2) is 0 Å². The van der Waals surface area contributed by atoms with Crippen molar-refractivity contribution < 1.29 is 4.74 Å². The van der Waals surface area contributed by atoms with Crippen LogP contribution >= 0.6 is 0 Å². The highest BCUT2D eigenvalue weighted by Gasteiger charge is 2.08. The van der Waals surface area contributed by atoms with Crippen LogP contribution < -0.4 is 10.1 Å². The second-order valence-electron chi connectivity index (χ2n) is 5.52. The summed E-state index contributed by atoms with van der Waals surface area (Å²) in [6, 6.07) is 13.0. The molecule has 0 saturated heterocycles. The average molecular weight is 283 g/mol. The molecule has 0 aromatic heterocycles. The summed E-state index contributed by atoms with van der Waals surface area (Å²) in [5, 5.41) is 3.45. The molecule has 0 aliphatic heterocycles. The summed E-state index contributed by atoms with van der Waals surface area (Å²) in [6.45, 7) is 8.34. The van der Waals surface area contributed by atoms with Crippen molar-refractivity contribution >= 4 is 0 Å². The van der Waals surface area contributed by atoms with Gasteiger partial charge in [-0.3, -0.25) is 0 Å². The summed E-state index contributed by atoms with van der Waals surface area (Å²) in [5.41, 5.74) is 6.36. The minimum atomic E-state index is 0.843. The van der Waals surface area contributed by atoms with Crippen LogP contribution in [-0.2, 0) is 6.54 Å². The third-order valence-electron chi connectivity index (χ3n) is 3.73. The van der Waals surface area contributed by atoms with Crippen molar-refractivity contribution in [1.82, 2.24) is 5.32 Å². The second-order valence-corrected chi connectivity index (χ2v) is 5.52. The van der Waals surface area contributed by atoms with Gasteiger partial charge in [0.2, 0.25) is 0 Å². The van der Waals surface area contributed by atoms with Crippen molar-refractivity contribution in [3.05, 3.63) is 53.1 Å². The van der Waals surface area contributed by atoms with Crippen LogP contribution in [0, 0.1) is 13.8 Å². The van der Waals surface area contributed by atoms with E-state index in [4.69, 9.17) is 4.74 Å². The number of aryl methyl sites for hydroxylation is 2. The molecule has 1 N–H and O–H groups in total. The molecule has 2 heteroatoms. The number of hydrogen-bond acceptors (Lipinski definition) is 2. The monoisotopic (exact) mass is 283 g/mol. The van der Waals surface area contributed by atoms with E-state index >= 15 is 0 Å². The van der Waals surface area contributed by atoms with E-state index in [0.29, 0.717) is 0 Å². The van der Waals surface area contributed by atoms with E-state index in [9.17, 15) is 0 Å². The van der Waals surface area contributed by atoms with Crippen molar-refractivity contribution in [2.24, 2.45) is 0 Å². The molecule has 0 heterocycles. The molecule has 0 unspecified atom stereocenters. The van der Waals surface area contributed by atoms with Gasteiger partial charge in [-0.2, -0.15) is 0 Å². The largest absolute Gasteiger partial charge is 0.496 e. The van der Waals surface area contributed by atoms with Crippen LogP contribution in [0.3, 0.4) is 0 Å². The van der Waals surface area contributed by atoms with Crippen LogP contribution in [0.25, 0.3) is 11.1 Å².